The van der Waals surface area contributed by atoms with Crippen molar-refractivity contribution < 1.29 is 23.5 Å². The minimum Gasteiger partial charge on any atom is -0.486 e. The molecule has 0 N–H and O–H groups in total. The molecule has 0 bridgehead atoms. The number of benzene rings is 2. The second-order valence-corrected chi connectivity index (χ2v) is 7.72. The normalized spacial score (nSPS) is 24.0. The van der Waals surface area contributed by atoms with E-state index in [2.05, 4.69) is 4.90 Å². The molecule has 2 amide bonds. The summed E-state index contributed by atoms with van der Waals surface area (Å²) < 4.78 is 25.4. The SMILES string of the molecule is O=C1c2ccc(F)cc2C(=O)N1C1CCCN(CC2COc3ccccc3O2)C1. The zero-order valence-corrected chi connectivity index (χ0v) is 15.8. The molecule has 6 nitrogen and oxygen atoms in total. The summed E-state index contributed by atoms with van der Waals surface area (Å²) in [6.45, 7) is 2.57. The highest BCUT2D eigenvalue weighted by molar-refractivity contribution is 6.21. The average Bonchev–Trinajstić information content (AvgIpc) is 2.98. The molecule has 7 heteroatoms. The molecule has 5 rings (SSSR count). The Morgan fingerprint density at radius 2 is 1.83 bits per heavy atom. The quantitative estimate of drug-likeness (QED) is 0.747. The van der Waals surface area contributed by atoms with Crippen LogP contribution < -0.4 is 9.47 Å². The van der Waals surface area contributed by atoms with Gasteiger partial charge >= 0.3 is 0 Å². The van der Waals surface area contributed by atoms with Gasteiger partial charge in [0.15, 0.2) is 11.5 Å². The summed E-state index contributed by atoms with van der Waals surface area (Å²) in [6.07, 6.45) is 1.51. The first-order chi connectivity index (χ1) is 14.1. The Hall–Kier alpha value is -2.93. The lowest BCUT2D eigenvalue weighted by Gasteiger charge is -2.38. The van der Waals surface area contributed by atoms with Gasteiger partial charge in [-0.15, -0.1) is 0 Å². The van der Waals surface area contributed by atoms with Gasteiger partial charge in [-0.2, -0.15) is 0 Å². The van der Waals surface area contributed by atoms with E-state index < -0.39 is 11.7 Å². The van der Waals surface area contributed by atoms with Crippen molar-refractivity contribution >= 4 is 11.8 Å². The van der Waals surface area contributed by atoms with Crippen LogP contribution in [0.5, 0.6) is 11.5 Å². The van der Waals surface area contributed by atoms with Crippen LogP contribution in [0.25, 0.3) is 0 Å². The smallest absolute Gasteiger partial charge is 0.261 e. The van der Waals surface area contributed by atoms with E-state index >= 15 is 0 Å². The fraction of sp³-hybridized carbons (Fsp3) is 0.364. The van der Waals surface area contributed by atoms with E-state index in [0.29, 0.717) is 19.7 Å². The first-order valence-electron chi connectivity index (χ1n) is 9.88. The Morgan fingerprint density at radius 3 is 2.69 bits per heavy atom. The highest BCUT2D eigenvalue weighted by Gasteiger charge is 2.41. The predicted octanol–water partition coefficient (Wildman–Crippen LogP) is 2.73. The summed E-state index contributed by atoms with van der Waals surface area (Å²) in [5, 5.41) is 0. The summed E-state index contributed by atoms with van der Waals surface area (Å²) in [4.78, 5) is 29.1. The molecule has 1 fully saturated rings. The molecule has 2 aromatic carbocycles. The topological polar surface area (TPSA) is 59.1 Å². The number of fused-ring (bicyclic) bond motifs is 2. The predicted molar refractivity (Wildman–Crippen MR) is 103 cm³/mol. The molecule has 0 radical (unpaired) electrons. The van der Waals surface area contributed by atoms with Gasteiger partial charge in [0.05, 0.1) is 17.2 Å². The maximum absolute atomic E-state index is 13.5. The van der Waals surface area contributed by atoms with Gasteiger partial charge in [0.2, 0.25) is 0 Å². The van der Waals surface area contributed by atoms with Crippen LogP contribution in [0.2, 0.25) is 0 Å². The summed E-state index contributed by atoms with van der Waals surface area (Å²) in [5.74, 6) is 0.246. The highest BCUT2D eigenvalue weighted by Crippen LogP contribution is 2.32. The van der Waals surface area contributed by atoms with Crippen molar-refractivity contribution in [3.63, 3.8) is 0 Å². The second-order valence-electron chi connectivity index (χ2n) is 7.72. The molecule has 3 heterocycles. The number of amides is 2. The van der Waals surface area contributed by atoms with Crippen LogP contribution >= 0.6 is 0 Å². The lowest BCUT2D eigenvalue weighted by molar-refractivity contribution is 0.0300. The summed E-state index contributed by atoms with van der Waals surface area (Å²) in [5.41, 5.74) is 0.446. The van der Waals surface area contributed by atoms with Crippen molar-refractivity contribution in [1.29, 1.82) is 0 Å². The molecule has 2 unspecified atom stereocenters. The number of hydrogen-bond acceptors (Lipinski definition) is 5. The van der Waals surface area contributed by atoms with Gasteiger partial charge < -0.3 is 9.47 Å². The standard InChI is InChI=1S/C22H21FN2O4/c23-14-7-8-17-18(10-14)22(27)25(21(17)26)15-4-3-9-24(11-15)12-16-13-28-19-5-1-2-6-20(19)29-16/h1-2,5-8,10,15-16H,3-4,9,11-13H2. The average molecular weight is 396 g/mol. The third kappa shape index (κ3) is 3.25. The van der Waals surface area contributed by atoms with Crippen molar-refractivity contribution in [3.8, 4) is 11.5 Å². The minimum atomic E-state index is -0.508. The number of halogens is 1. The Balaban J connectivity index is 1.27. The number of piperidine rings is 1. The lowest BCUT2D eigenvalue weighted by atomic mass is 10.0. The number of ether oxygens (including phenoxy) is 2. The zero-order chi connectivity index (χ0) is 20.0. The van der Waals surface area contributed by atoms with Crippen molar-refractivity contribution in [1.82, 2.24) is 9.80 Å². The Bertz CT molecular complexity index is 979. The summed E-state index contributed by atoms with van der Waals surface area (Å²) in [7, 11) is 0. The van der Waals surface area contributed by atoms with Gasteiger partial charge in [0.1, 0.15) is 18.5 Å². The van der Waals surface area contributed by atoms with Gasteiger partial charge in [-0.3, -0.25) is 19.4 Å². The van der Waals surface area contributed by atoms with Gasteiger partial charge in [-0.1, -0.05) is 12.1 Å². The molecule has 0 saturated carbocycles. The van der Waals surface area contributed by atoms with Crippen molar-refractivity contribution in [2.24, 2.45) is 0 Å². The number of nitrogens with zero attached hydrogens (tertiary/aromatic N) is 2. The highest BCUT2D eigenvalue weighted by atomic mass is 19.1. The first-order valence-corrected chi connectivity index (χ1v) is 9.88. The van der Waals surface area contributed by atoms with Crippen molar-refractivity contribution in [2.75, 3.05) is 26.2 Å². The number of carbonyl (C=O) groups excluding carboxylic acids is 2. The molecule has 0 aliphatic carbocycles. The largest absolute Gasteiger partial charge is 0.486 e. The monoisotopic (exact) mass is 396 g/mol. The molecule has 1 saturated heterocycles. The van der Waals surface area contributed by atoms with Crippen LogP contribution in [-0.2, 0) is 0 Å². The molecule has 2 atom stereocenters. The molecule has 0 aromatic heterocycles. The molecule has 0 spiro atoms. The maximum Gasteiger partial charge on any atom is 0.261 e. The van der Waals surface area contributed by atoms with Crippen LogP contribution in [-0.4, -0.2) is 60.0 Å². The Labute approximate surface area is 167 Å². The van der Waals surface area contributed by atoms with Gasteiger partial charge in [0, 0.05) is 13.1 Å². The third-order valence-electron chi connectivity index (χ3n) is 5.76. The van der Waals surface area contributed by atoms with Crippen LogP contribution in [0.4, 0.5) is 4.39 Å². The number of carbonyl (C=O) groups is 2. The number of rotatable bonds is 3. The van der Waals surface area contributed by atoms with E-state index in [1.165, 1.54) is 17.0 Å². The fourth-order valence-electron chi connectivity index (χ4n) is 4.41. The zero-order valence-electron chi connectivity index (χ0n) is 15.8. The minimum absolute atomic E-state index is 0.111. The molecule has 3 aliphatic heterocycles. The second kappa shape index (κ2) is 7.15. The van der Waals surface area contributed by atoms with Gasteiger partial charge in [0.25, 0.3) is 11.8 Å². The molecule has 2 aromatic rings. The summed E-state index contributed by atoms with van der Waals surface area (Å²) in [6, 6.07) is 11.1. The van der Waals surface area contributed by atoms with E-state index in [-0.39, 0.29) is 29.2 Å². The molecular formula is C22H21FN2O4. The van der Waals surface area contributed by atoms with Crippen LogP contribution in [0.1, 0.15) is 33.6 Å². The van der Waals surface area contributed by atoms with E-state index in [0.717, 1.165) is 37.0 Å². The maximum atomic E-state index is 13.5. The van der Waals surface area contributed by atoms with E-state index in [4.69, 9.17) is 9.47 Å². The van der Waals surface area contributed by atoms with Crippen molar-refractivity contribution in [3.05, 3.63) is 59.4 Å². The lowest BCUT2D eigenvalue weighted by Crippen LogP contribution is -2.52. The van der Waals surface area contributed by atoms with Crippen LogP contribution in [0.15, 0.2) is 42.5 Å². The Kier molecular flexibility index (Phi) is 4.47. The van der Waals surface area contributed by atoms with E-state index in [1.807, 2.05) is 24.3 Å². The molecular weight excluding hydrogens is 375 g/mol. The van der Waals surface area contributed by atoms with E-state index in [9.17, 15) is 14.0 Å². The van der Waals surface area contributed by atoms with Crippen LogP contribution in [0, 0.1) is 5.82 Å². The Morgan fingerprint density at radius 1 is 1.03 bits per heavy atom. The number of hydrogen-bond donors (Lipinski definition) is 0. The molecule has 29 heavy (non-hydrogen) atoms. The first kappa shape index (κ1) is 18.1. The van der Waals surface area contributed by atoms with Gasteiger partial charge in [-0.05, 0) is 49.7 Å². The molecule has 3 aliphatic rings. The summed E-state index contributed by atoms with van der Waals surface area (Å²) >= 11 is 0. The number of likely N-dealkylation sites (tertiary alicyclic amines) is 1. The third-order valence-corrected chi connectivity index (χ3v) is 5.76. The van der Waals surface area contributed by atoms with Crippen molar-refractivity contribution in [2.45, 2.75) is 25.0 Å². The van der Waals surface area contributed by atoms with E-state index in [1.54, 1.807) is 0 Å². The fourth-order valence-corrected chi connectivity index (χ4v) is 4.41. The van der Waals surface area contributed by atoms with Crippen LogP contribution in [0.3, 0.4) is 0 Å². The van der Waals surface area contributed by atoms with Gasteiger partial charge in [-0.25, -0.2) is 4.39 Å². The number of imide groups is 1. The molecule has 150 valence electrons. The number of para-hydroxylation sites is 2.